The zero-order valence-electron chi connectivity index (χ0n) is 16.5. The summed E-state index contributed by atoms with van der Waals surface area (Å²) < 4.78 is 25.3. The number of hydrogen-bond donors (Lipinski definition) is 1. The van der Waals surface area contributed by atoms with Crippen LogP contribution >= 0.6 is 0 Å². The van der Waals surface area contributed by atoms with Crippen molar-refractivity contribution in [3.8, 4) is 5.82 Å². The Labute approximate surface area is 173 Å². The van der Waals surface area contributed by atoms with Gasteiger partial charge in [0, 0.05) is 38.0 Å². The third-order valence-electron chi connectivity index (χ3n) is 5.21. The minimum atomic E-state index is -3.15. The van der Waals surface area contributed by atoms with Crippen molar-refractivity contribution in [3.63, 3.8) is 0 Å². The highest BCUT2D eigenvalue weighted by Gasteiger charge is 2.37. The van der Waals surface area contributed by atoms with Crippen LogP contribution in [-0.2, 0) is 26.0 Å². The van der Waals surface area contributed by atoms with Crippen LogP contribution in [0.2, 0.25) is 0 Å². The molecule has 2 aromatic rings. The van der Waals surface area contributed by atoms with Crippen molar-refractivity contribution in [1.82, 2.24) is 24.9 Å². The molecular weight excluding hydrogens is 408 g/mol. The number of imidazole rings is 1. The molecule has 4 heterocycles. The van der Waals surface area contributed by atoms with Crippen molar-refractivity contribution >= 4 is 27.4 Å². The van der Waals surface area contributed by atoms with E-state index in [0.29, 0.717) is 12.2 Å². The first-order valence-electron chi connectivity index (χ1n) is 9.66. The molecule has 0 aliphatic carbocycles. The highest BCUT2D eigenvalue weighted by Crippen LogP contribution is 2.22. The fourth-order valence-electron chi connectivity index (χ4n) is 3.59. The van der Waals surface area contributed by atoms with Gasteiger partial charge in [0.15, 0.2) is 9.84 Å². The molecule has 30 heavy (non-hydrogen) atoms. The zero-order chi connectivity index (χ0) is 21.3. The molecule has 2 aliphatic heterocycles. The predicted octanol–water partition coefficient (Wildman–Crippen LogP) is 0.357. The number of nitrogens with one attached hydrogen (secondary N) is 1. The average Bonchev–Trinajstić information content (AvgIpc) is 3.31. The summed E-state index contributed by atoms with van der Waals surface area (Å²) in [6, 6.07) is 3.17. The van der Waals surface area contributed by atoms with Crippen LogP contribution in [0.15, 0.2) is 35.8 Å². The highest BCUT2D eigenvalue weighted by molar-refractivity contribution is 7.91. The van der Waals surface area contributed by atoms with Crippen molar-refractivity contribution in [3.05, 3.63) is 42.1 Å². The molecule has 2 amide bonds. The summed E-state index contributed by atoms with van der Waals surface area (Å²) in [5.41, 5.74) is 1.09. The van der Waals surface area contributed by atoms with E-state index >= 15 is 0 Å². The summed E-state index contributed by atoms with van der Waals surface area (Å²) in [6.07, 6.45) is 5.88. The monoisotopic (exact) mass is 430 g/mol. The van der Waals surface area contributed by atoms with Gasteiger partial charge in [-0.2, -0.15) is 5.10 Å². The molecule has 4 rings (SSSR count). The summed E-state index contributed by atoms with van der Waals surface area (Å²) >= 11 is 0. The molecule has 158 valence electrons. The molecule has 0 spiro atoms. The molecular formula is C19H22N6O4S. The minimum absolute atomic E-state index is 0.0409. The number of amides is 2. The lowest BCUT2D eigenvalue weighted by Crippen LogP contribution is -2.43. The molecule has 1 N–H and O–H groups in total. The van der Waals surface area contributed by atoms with Crippen molar-refractivity contribution in [1.29, 1.82) is 0 Å². The summed E-state index contributed by atoms with van der Waals surface area (Å²) in [5, 5.41) is 8.20. The van der Waals surface area contributed by atoms with Crippen LogP contribution in [0.1, 0.15) is 30.7 Å². The third kappa shape index (κ3) is 4.25. The summed E-state index contributed by atoms with van der Waals surface area (Å²) in [7, 11) is -3.15. The molecule has 0 saturated carbocycles. The van der Waals surface area contributed by atoms with E-state index in [0.717, 1.165) is 11.4 Å². The second kappa shape index (κ2) is 7.98. The van der Waals surface area contributed by atoms with Gasteiger partial charge in [-0.05, 0) is 31.0 Å². The first-order chi connectivity index (χ1) is 14.3. The van der Waals surface area contributed by atoms with E-state index in [9.17, 15) is 18.0 Å². The average molecular weight is 430 g/mol. The molecule has 2 aromatic heterocycles. The van der Waals surface area contributed by atoms with Gasteiger partial charge in [0.05, 0.1) is 17.5 Å². The van der Waals surface area contributed by atoms with Gasteiger partial charge in [0.25, 0.3) is 5.91 Å². The molecule has 2 aliphatic rings. The number of carbonyl (C=O) groups excluding carboxylic acids is 2. The Morgan fingerprint density at radius 2 is 2.10 bits per heavy atom. The standard InChI is InChI=1S/C19H22N6O4S/c1-13-20-7-8-24(13)17-10-14(4-6-21-17)11-22-19(27)16-2-3-18(26)25(23-16)15-5-9-30(28,29)12-15/h4,6-8,10,15H,2-3,5,9,11-12H2,1H3,(H,22,27)/t15-/m1/s1. The molecule has 10 nitrogen and oxygen atoms in total. The van der Waals surface area contributed by atoms with E-state index in [2.05, 4.69) is 20.4 Å². The first kappa shape index (κ1) is 20.2. The van der Waals surface area contributed by atoms with E-state index in [1.54, 1.807) is 18.5 Å². The number of sulfone groups is 1. The lowest BCUT2D eigenvalue weighted by Gasteiger charge is -2.27. The molecule has 0 bridgehead atoms. The molecule has 0 radical (unpaired) electrons. The Kier molecular flexibility index (Phi) is 5.37. The highest BCUT2D eigenvalue weighted by atomic mass is 32.2. The Morgan fingerprint density at radius 3 is 2.80 bits per heavy atom. The van der Waals surface area contributed by atoms with Crippen molar-refractivity contribution < 1.29 is 18.0 Å². The lowest BCUT2D eigenvalue weighted by atomic mass is 10.1. The van der Waals surface area contributed by atoms with Crippen molar-refractivity contribution in [2.24, 2.45) is 5.10 Å². The number of carbonyl (C=O) groups is 2. The van der Waals surface area contributed by atoms with Crippen LogP contribution < -0.4 is 5.32 Å². The number of nitrogens with zero attached hydrogens (tertiary/aromatic N) is 5. The van der Waals surface area contributed by atoms with Gasteiger partial charge in [0.2, 0.25) is 5.91 Å². The Balaban J connectivity index is 1.43. The van der Waals surface area contributed by atoms with Crippen LogP contribution in [0.3, 0.4) is 0 Å². The molecule has 1 fully saturated rings. The lowest BCUT2D eigenvalue weighted by molar-refractivity contribution is -0.133. The van der Waals surface area contributed by atoms with Gasteiger partial charge in [-0.3, -0.25) is 14.2 Å². The van der Waals surface area contributed by atoms with E-state index in [4.69, 9.17) is 0 Å². The van der Waals surface area contributed by atoms with Crippen LogP contribution in [-0.4, -0.2) is 63.0 Å². The maximum absolute atomic E-state index is 12.6. The first-order valence-corrected chi connectivity index (χ1v) is 11.5. The van der Waals surface area contributed by atoms with Gasteiger partial charge in [0.1, 0.15) is 17.4 Å². The van der Waals surface area contributed by atoms with E-state index in [1.165, 1.54) is 5.01 Å². The number of pyridine rings is 1. The smallest absolute Gasteiger partial charge is 0.267 e. The zero-order valence-corrected chi connectivity index (χ0v) is 17.3. The summed E-state index contributed by atoms with van der Waals surface area (Å²) in [6.45, 7) is 2.15. The molecule has 11 heteroatoms. The quantitative estimate of drug-likeness (QED) is 0.730. The van der Waals surface area contributed by atoms with Gasteiger partial charge >= 0.3 is 0 Å². The van der Waals surface area contributed by atoms with Crippen molar-refractivity contribution in [2.45, 2.75) is 38.8 Å². The predicted molar refractivity (Wildman–Crippen MR) is 109 cm³/mol. The Bertz CT molecular complexity index is 1120. The fraction of sp³-hybridized carbons (Fsp3) is 0.421. The fourth-order valence-corrected chi connectivity index (χ4v) is 5.29. The van der Waals surface area contributed by atoms with E-state index < -0.39 is 15.9 Å². The third-order valence-corrected chi connectivity index (χ3v) is 6.96. The summed E-state index contributed by atoms with van der Waals surface area (Å²) in [5.74, 6) is 0.822. The maximum Gasteiger partial charge on any atom is 0.267 e. The Hall–Kier alpha value is -3.08. The topological polar surface area (TPSA) is 127 Å². The molecule has 0 aromatic carbocycles. The van der Waals surface area contributed by atoms with E-state index in [-0.39, 0.29) is 48.4 Å². The van der Waals surface area contributed by atoms with Crippen LogP contribution in [0.5, 0.6) is 0 Å². The van der Waals surface area contributed by atoms with Crippen LogP contribution in [0.4, 0.5) is 0 Å². The minimum Gasteiger partial charge on any atom is -0.347 e. The van der Waals surface area contributed by atoms with E-state index in [1.807, 2.05) is 23.8 Å². The van der Waals surface area contributed by atoms with Gasteiger partial charge in [-0.25, -0.2) is 23.4 Å². The second-order valence-electron chi connectivity index (χ2n) is 7.39. The largest absolute Gasteiger partial charge is 0.347 e. The Morgan fingerprint density at radius 1 is 1.27 bits per heavy atom. The van der Waals surface area contributed by atoms with Gasteiger partial charge < -0.3 is 5.32 Å². The number of hydrogen-bond acceptors (Lipinski definition) is 7. The second-order valence-corrected chi connectivity index (χ2v) is 9.62. The molecule has 1 atom stereocenters. The maximum atomic E-state index is 12.6. The SMILES string of the molecule is Cc1nccn1-c1cc(CNC(=O)C2=NN([C@@H]3CCS(=O)(=O)C3)C(=O)CC2)ccn1. The molecule has 0 unspecified atom stereocenters. The van der Waals surface area contributed by atoms with Crippen molar-refractivity contribution in [2.75, 3.05) is 11.5 Å². The molecule has 1 saturated heterocycles. The number of hydrazone groups is 1. The number of aromatic nitrogens is 3. The van der Waals surface area contributed by atoms with Gasteiger partial charge in [-0.1, -0.05) is 0 Å². The number of aryl methyl sites for hydroxylation is 1. The summed E-state index contributed by atoms with van der Waals surface area (Å²) in [4.78, 5) is 33.3. The number of rotatable bonds is 5. The van der Waals surface area contributed by atoms with Gasteiger partial charge in [-0.15, -0.1) is 0 Å². The van der Waals surface area contributed by atoms with Crippen LogP contribution in [0, 0.1) is 6.92 Å². The van der Waals surface area contributed by atoms with Crippen LogP contribution in [0.25, 0.3) is 5.82 Å². The normalized spacial score (nSPS) is 20.8.